The third kappa shape index (κ3) is 3.73. The summed E-state index contributed by atoms with van der Waals surface area (Å²) in [6, 6.07) is 11.3. The molecule has 150 valence electrons. The number of pyridine rings is 1. The van der Waals surface area contributed by atoms with E-state index in [9.17, 15) is 5.26 Å². The molecular weight excluding hydrogens is 420 g/mol. The van der Waals surface area contributed by atoms with E-state index in [0.29, 0.717) is 33.2 Å². The molecule has 0 amide bonds. The maximum Gasteiger partial charge on any atom is 0.172 e. The Morgan fingerprint density at radius 1 is 1.27 bits per heavy atom. The van der Waals surface area contributed by atoms with E-state index in [-0.39, 0.29) is 0 Å². The number of aromatic nitrogens is 3. The molecule has 0 fully saturated rings. The number of ether oxygens (including phenoxy) is 1. The van der Waals surface area contributed by atoms with Gasteiger partial charge in [0, 0.05) is 47.7 Å². The molecular formula is C21H17ClN6OS. The van der Waals surface area contributed by atoms with Crippen LogP contribution in [0, 0.1) is 11.3 Å². The highest BCUT2D eigenvalue weighted by Crippen LogP contribution is 2.37. The van der Waals surface area contributed by atoms with Crippen LogP contribution in [-0.2, 0) is 7.05 Å². The first kappa shape index (κ1) is 19.9. The van der Waals surface area contributed by atoms with Gasteiger partial charge in [0.2, 0.25) is 0 Å². The highest BCUT2D eigenvalue weighted by Gasteiger charge is 2.14. The second kappa shape index (κ2) is 8.14. The minimum absolute atomic E-state index is 0.398. The van der Waals surface area contributed by atoms with Crippen molar-refractivity contribution in [3.05, 3.63) is 59.5 Å². The first-order chi connectivity index (χ1) is 14.5. The Labute approximate surface area is 182 Å². The number of aryl methyl sites for hydroxylation is 1. The molecule has 0 spiro atoms. The summed E-state index contributed by atoms with van der Waals surface area (Å²) in [5.41, 5.74) is 8.95. The van der Waals surface area contributed by atoms with Gasteiger partial charge in [-0.25, -0.2) is 4.98 Å². The lowest BCUT2D eigenvalue weighted by Crippen LogP contribution is -1.99. The number of nitrogens with two attached hydrogens (primary N) is 1. The van der Waals surface area contributed by atoms with E-state index < -0.39 is 0 Å². The highest BCUT2D eigenvalue weighted by atomic mass is 35.5. The fourth-order valence-corrected chi connectivity index (χ4v) is 4.09. The van der Waals surface area contributed by atoms with Crippen LogP contribution in [0.15, 0.2) is 59.0 Å². The number of nitrogen functional groups attached to an aromatic ring is 1. The summed E-state index contributed by atoms with van der Waals surface area (Å²) in [5.74, 6) is 0.532. The molecule has 0 unspecified atom stereocenters. The Morgan fingerprint density at radius 2 is 2.10 bits per heavy atom. The van der Waals surface area contributed by atoms with Crippen LogP contribution in [0.5, 0.6) is 5.75 Å². The predicted molar refractivity (Wildman–Crippen MR) is 119 cm³/mol. The smallest absolute Gasteiger partial charge is 0.172 e. The summed E-state index contributed by atoms with van der Waals surface area (Å²) in [6.07, 6.45) is 5.14. The molecule has 2 aromatic heterocycles. The number of nitrogens with zero attached hydrogens (tertiary/aromatic N) is 4. The van der Waals surface area contributed by atoms with Gasteiger partial charge in [-0.3, -0.25) is 4.98 Å². The minimum atomic E-state index is 0.398. The standard InChI is InChI=1S/C21H17ClN6OS/c1-28-6-5-25-21(28)30-19-4-3-13(7-15(19)22)27-20-12(10-23)11-26-17-9-18(29-2)16(24)8-14(17)20/h3-9,11H,24H2,1-2H3,(H,26,27). The van der Waals surface area contributed by atoms with E-state index >= 15 is 0 Å². The maximum absolute atomic E-state index is 9.57. The Hall–Kier alpha value is -3.41. The zero-order chi connectivity index (χ0) is 21.3. The predicted octanol–water partition coefficient (Wildman–Crippen LogP) is 4.98. The van der Waals surface area contributed by atoms with Gasteiger partial charge in [0.25, 0.3) is 0 Å². The van der Waals surface area contributed by atoms with Gasteiger partial charge in [0.1, 0.15) is 11.8 Å². The van der Waals surface area contributed by atoms with Gasteiger partial charge in [-0.2, -0.15) is 5.26 Å². The molecule has 0 saturated heterocycles. The van der Waals surface area contributed by atoms with Gasteiger partial charge in [-0.1, -0.05) is 23.4 Å². The van der Waals surface area contributed by atoms with Crippen molar-refractivity contribution in [1.29, 1.82) is 5.26 Å². The topological polar surface area (TPSA) is 102 Å². The Morgan fingerprint density at radius 3 is 2.77 bits per heavy atom. The zero-order valence-electron chi connectivity index (χ0n) is 16.2. The summed E-state index contributed by atoms with van der Waals surface area (Å²) in [5, 5.41) is 15.0. The molecule has 0 aliphatic rings. The van der Waals surface area contributed by atoms with Gasteiger partial charge >= 0.3 is 0 Å². The molecule has 30 heavy (non-hydrogen) atoms. The second-order valence-corrected chi connectivity index (χ2v) is 7.88. The van der Waals surface area contributed by atoms with E-state index in [4.69, 9.17) is 22.1 Å². The van der Waals surface area contributed by atoms with Crippen molar-refractivity contribution in [2.75, 3.05) is 18.2 Å². The summed E-state index contributed by atoms with van der Waals surface area (Å²) in [7, 11) is 3.48. The van der Waals surface area contributed by atoms with Crippen LogP contribution < -0.4 is 15.8 Å². The summed E-state index contributed by atoms with van der Waals surface area (Å²) < 4.78 is 7.20. The fourth-order valence-electron chi connectivity index (χ4n) is 2.99. The molecule has 0 saturated carbocycles. The van der Waals surface area contributed by atoms with Crippen molar-refractivity contribution in [3.8, 4) is 11.8 Å². The first-order valence-electron chi connectivity index (χ1n) is 8.88. The number of hydrogen-bond acceptors (Lipinski definition) is 7. The maximum atomic E-state index is 9.57. The van der Waals surface area contributed by atoms with Crippen LogP contribution in [0.1, 0.15) is 5.56 Å². The molecule has 7 nitrogen and oxygen atoms in total. The number of benzene rings is 2. The molecule has 0 atom stereocenters. The fraction of sp³-hybridized carbons (Fsp3) is 0.0952. The Balaban J connectivity index is 1.71. The number of nitrogens with one attached hydrogen (secondary N) is 1. The molecule has 0 bridgehead atoms. The molecule has 4 rings (SSSR count). The lowest BCUT2D eigenvalue weighted by molar-refractivity contribution is 0.417. The van der Waals surface area contributed by atoms with Crippen molar-refractivity contribution in [3.63, 3.8) is 0 Å². The zero-order valence-corrected chi connectivity index (χ0v) is 17.8. The van der Waals surface area contributed by atoms with Crippen molar-refractivity contribution < 1.29 is 4.74 Å². The van der Waals surface area contributed by atoms with E-state index in [2.05, 4.69) is 21.4 Å². The monoisotopic (exact) mass is 436 g/mol. The number of imidazole rings is 1. The highest BCUT2D eigenvalue weighted by molar-refractivity contribution is 7.99. The van der Waals surface area contributed by atoms with Crippen LogP contribution in [0.25, 0.3) is 10.9 Å². The average Bonchev–Trinajstić information content (AvgIpc) is 3.14. The summed E-state index contributed by atoms with van der Waals surface area (Å²) in [4.78, 5) is 9.54. The van der Waals surface area contributed by atoms with E-state index in [1.54, 1.807) is 25.4 Å². The normalized spacial score (nSPS) is 10.7. The van der Waals surface area contributed by atoms with E-state index in [0.717, 1.165) is 21.1 Å². The van der Waals surface area contributed by atoms with Gasteiger partial charge in [-0.15, -0.1) is 0 Å². The summed E-state index contributed by atoms with van der Waals surface area (Å²) >= 11 is 7.99. The average molecular weight is 437 g/mol. The van der Waals surface area contributed by atoms with Gasteiger partial charge in [0.15, 0.2) is 5.16 Å². The molecule has 2 aromatic carbocycles. The van der Waals surface area contributed by atoms with Gasteiger partial charge in [-0.05, 0) is 24.3 Å². The number of anilines is 3. The van der Waals surface area contributed by atoms with Crippen molar-refractivity contribution >= 4 is 51.3 Å². The van der Waals surface area contributed by atoms with Crippen LogP contribution >= 0.6 is 23.4 Å². The Bertz CT molecular complexity index is 1300. The second-order valence-electron chi connectivity index (χ2n) is 6.46. The Kier molecular flexibility index (Phi) is 5.40. The molecule has 2 heterocycles. The number of hydrogen-bond donors (Lipinski definition) is 2. The van der Waals surface area contributed by atoms with Crippen LogP contribution in [0.4, 0.5) is 17.1 Å². The summed E-state index contributed by atoms with van der Waals surface area (Å²) in [6.45, 7) is 0. The molecule has 3 N–H and O–H groups in total. The lowest BCUT2D eigenvalue weighted by atomic mass is 10.1. The number of rotatable bonds is 5. The van der Waals surface area contributed by atoms with Crippen molar-refractivity contribution in [2.45, 2.75) is 10.1 Å². The SMILES string of the molecule is COc1cc2ncc(C#N)c(Nc3ccc(Sc4nccn4C)c(Cl)c3)c2cc1N. The van der Waals surface area contributed by atoms with Crippen molar-refractivity contribution in [2.24, 2.45) is 7.05 Å². The van der Waals surface area contributed by atoms with Gasteiger partial charge in [0.05, 0.1) is 34.6 Å². The molecule has 0 aliphatic heterocycles. The van der Waals surface area contributed by atoms with Crippen LogP contribution in [0.3, 0.4) is 0 Å². The lowest BCUT2D eigenvalue weighted by Gasteiger charge is -2.14. The molecule has 4 aromatic rings. The number of fused-ring (bicyclic) bond motifs is 1. The van der Waals surface area contributed by atoms with Crippen LogP contribution in [-0.4, -0.2) is 21.6 Å². The van der Waals surface area contributed by atoms with Gasteiger partial charge < -0.3 is 20.4 Å². The quantitative estimate of drug-likeness (QED) is 0.425. The number of halogens is 1. The largest absolute Gasteiger partial charge is 0.495 e. The molecule has 9 heteroatoms. The van der Waals surface area contributed by atoms with E-state index in [1.807, 2.05) is 36.0 Å². The third-order valence-corrected chi connectivity index (χ3v) is 6.10. The third-order valence-electron chi connectivity index (χ3n) is 4.52. The van der Waals surface area contributed by atoms with Crippen LogP contribution in [0.2, 0.25) is 5.02 Å². The number of methoxy groups -OCH3 is 1. The number of nitriles is 1. The minimum Gasteiger partial charge on any atom is -0.495 e. The molecule has 0 aliphatic carbocycles. The van der Waals surface area contributed by atoms with Crippen molar-refractivity contribution in [1.82, 2.24) is 14.5 Å². The molecule has 0 radical (unpaired) electrons. The first-order valence-corrected chi connectivity index (χ1v) is 10.1. The van der Waals surface area contributed by atoms with E-state index in [1.165, 1.54) is 18.0 Å².